The number of anilines is 3. The fourth-order valence-electron chi connectivity index (χ4n) is 2.29. The number of hydrogen-bond donors (Lipinski definition) is 2. The fraction of sp³-hybridized carbons (Fsp3) is 0.235. The van der Waals surface area contributed by atoms with Crippen LogP contribution in [0.25, 0.3) is 0 Å². The van der Waals surface area contributed by atoms with Gasteiger partial charge in [0, 0.05) is 23.0 Å². The smallest absolute Gasteiger partial charge is 0.227 e. The van der Waals surface area contributed by atoms with Crippen LogP contribution in [0, 0.1) is 11.7 Å². The van der Waals surface area contributed by atoms with Gasteiger partial charge in [0.05, 0.1) is 5.02 Å². The first-order valence-electron chi connectivity index (χ1n) is 7.25. The van der Waals surface area contributed by atoms with Crippen LogP contribution < -0.4 is 10.6 Å². The summed E-state index contributed by atoms with van der Waals surface area (Å²) in [5, 5.41) is 6.13. The molecule has 0 radical (unpaired) electrons. The van der Waals surface area contributed by atoms with E-state index < -0.39 is 5.82 Å². The van der Waals surface area contributed by atoms with Crippen LogP contribution in [-0.4, -0.2) is 5.91 Å². The molecule has 2 aromatic rings. The fourth-order valence-corrected chi connectivity index (χ4v) is 2.47. The Morgan fingerprint density at radius 2 is 1.68 bits per heavy atom. The van der Waals surface area contributed by atoms with Gasteiger partial charge in [-0.15, -0.1) is 0 Å². The monoisotopic (exact) mass is 318 g/mol. The Labute approximate surface area is 133 Å². The molecule has 1 fully saturated rings. The lowest BCUT2D eigenvalue weighted by Crippen LogP contribution is -2.27. The first-order valence-corrected chi connectivity index (χ1v) is 7.62. The maximum absolute atomic E-state index is 13.1. The Morgan fingerprint density at radius 3 is 2.27 bits per heavy atom. The number of rotatable bonds is 4. The molecule has 3 rings (SSSR count). The summed E-state index contributed by atoms with van der Waals surface area (Å²) >= 11 is 5.75. The van der Waals surface area contributed by atoms with Crippen molar-refractivity contribution in [2.45, 2.75) is 19.3 Å². The Hall–Kier alpha value is -2.07. The molecule has 2 aromatic carbocycles. The van der Waals surface area contributed by atoms with Gasteiger partial charge in [0.15, 0.2) is 0 Å². The number of carbonyl (C=O) groups is 1. The van der Waals surface area contributed by atoms with Crippen molar-refractivity contribution >= 4 is 34.6 Å². The Kier molecular flexibility index (Phi) is 4.29. The van der Waals surface area contributed by atoms with Crippen molar-refractivity contribution in [3.63, 3.8) is 0 Å². The molecule has 1 aliphatic rings. The molecule has 1 amide bonds. The van der Waals surface area contributed by atoms with E-state index in [1.54, 1.807) is 6.07 Å². The van der Waals surface area contributed by atoms with Gasteiger partial charge in [0.1, 0.15) is 5.82 Å². The molecule has 1 saturated carbocycles. The summed E-state index contributed by atoms with van der Waals surface area (Å²) in [6.07, 6.45) is 3.11. The summed E-state index contributed by atoms with van der Waals surface area (Å²) in [6.45, 7) is 0. The minimum absolute atomic E-state index is 0.0781. The third-order valence-corrected chi connectivity index (χ3v) is 4.13. The largest absolute Gasteiger partial charge is 0.355 e. The lowest BCUT2D eigenvalue weighted by atomic mass is 9.85. The van der Waals surface area contributed by atoms with Crippen LogP contribution in [0.3, 0.4) is 0 Å². The first kappa shape index (κ1) is 14.9. The van der Waals surface area contributed by atoms with Gasteiger partial charge in [-0.05, 0) is 55.3 Å². The van der Waals surface area contributed by atoms with E-state index in [1.807, 2.05) is 24.3 Å². The lowest BCUT2D eigenvalue weighted by Gasteiger charge is -2.24. The summed E-state index contributed by atoms with van der Waals surface area (Å²) in [6, 6.07) is 11.9. The van der Waals surface area contributed by atoms with Crippen molar-refractivity contribution in [2.24, 2.45) is 5.92 Å². The number of amides is 1. The minimum atomic E-state index is -0.443. The molecular weight excluding hydrogens is 303 g/mol. The second kappa shape index (κ2) is 6.36. The van der Waals surface area contributed by atoms with Crippen molar-refractivity contribution in [1.29, 1.82) is 0 Å². The van der Waals surface area contributed by atoms with Crippen LogP contribution in [-0.2, 0) is 4.79 Å². The number of hydrogen-bond acceptors (Lipinski definition) is 2. The topological polar surface area (TPSA) is 41.1 Å². The predicted molar refractivity (Wildman–Crippen MR) is 87.1 cm³/mol. The van der Waals surface area contributed by atoms with Gasteiger partial charge in [-0.25, -0.2) is 4.39 Å². The summed E-state index contributed by atoms with van der Waals surface area (Å²) in [5.41, 5.74) is 2.32. The Bertz CT molecular complexity index is 684. The van der Waals surface area contributed by atoms with Gasteiger partial charge in [0.25, 0.3) is 0 Å². The molecule has 2 N–H and O–H groups in total. The molecule has 5 heteroatoms. The minimum Gasteiger partial charge on any atom is -0.355 e. The predicted octanol–water partition coefficient (Wildman–Crippen LogP) is 4.96. The molecule has 0 spiro atoms. The summed E-state index contributed by atoms with van der Waals surface area (Å²) in [4.78, 5) is 11.9. The molecule has 0 atom stereocenters. The van der Waals surface area contributed by atoms with Crippen LogP contribution in [0.1, 0.15) is 19.3 Å². The van der Waals surface area contributed by atoms with Gasteiger partial charge in [-0.2, -0.15) is 0 Å². The highest BCUT2D eigenvalue weighted by molar-refractivity contribution is 6.31. The van der Waals surface area contributed by atoms with E-state index in [9.17, 15) is 9.18 Å². The van der Waals surface area contributed by atoms with Crippen LogP contribution in [0.5, 0.6) is 0 Å². The van der Waals surface area contributed by atoms with E-state index in [0.717, 1.165) is 30.6 Å². The van der Waals surface area contributed by atoms with Crippen molar-refractivity contribution in [3.05, 3.63) is 53.3 Å². The molecule has 0 saturated heterocycles. The lowest BCUT2D eigenvalue weighted by molar-refractivity contribution is -0.122. The third kappa shape index (κ3) is 3.39. The highest BCUT2D eigenvalue weighted by Gasteiger charge is 2.24. The summed E-state index contributed by atoms with van der Waals surface area (Å²) in [5.74, 6) is -0.183. The standard InChI is InChI=1S/C17H16ClFN2O/c18-15-10-14(8-9-16(15)19)20-12-4-6-13(7-5-12)21-17(22)11-2-1-3-11/h4-11,20H,1-3H2,(H,21,22). The van der Waals surface area contributed by atoms with Crippen LogP contribution in [0.2, 0.25) is 5.02 Å². The van der Waals surface area contributed by atoms with Crippen molar-refractivity contribution in [2.75, 3.05) is 10.6 Å². The molecule has 114 valence electrons. The zero-order valence-electron chi connectivity index (χ0n) is 11.9. The van der Waals surface area contributed by atoms with Crippen LogP contribution in [0.15, 0.2) is 42.5 Å². The Morgan fingerprint density at radius 1 is 1.05 bits per heavy atom. The van der Waals surface area contributed by atoms with Gasteiger partial charge in [0.2, 0.25) is 5.91 Å². The molecular formula is C17H16ClFN2O. The average molecular weight is 319 g/mol. The van der Waals surface area contributed by atoms with E-state index in [-0.39, 0.29) is 16.8 Å². The zero-order chi connectivity index (χ0) is 15.5. The van der Waals surface area contributed by atoms with Crippen molar-refractivity contribution in [3.8, 4) is 0 Å². The van der Waals surface area contributed by atoms with Gasteiger partial charge < -0.3 is 10.6 Å². The van der Waals surface area contributed by atoms with Gasteiger partial charge in [-0.3, -0.25) is 4.79 Å². The number of nitrogens with one attached hydrogen (secondary N) is 2. The number of benzene rings is 2. The molecule has 22 heavy (non-hydrogen) atoms. The third-order valence-electron chi connectivity index (χ3n) is 3.84. The van der Waals surface area contributed by atoms with Crippen LogP contribution >= 0.6 is 11.6 Å². The number of halogens is 2. The van der Waals surface area contributed by atoms with E-state index in [0.29, 0.717) is 5.69 Å². The highest BCUT2D eigenvalue weighted by Crippen LogP contribution is 2.28. The van der Waals surface area contributed by atoms with E-state index >= 15 is 0 Å². The second-order valence-electron chi connectivity index (χ2n) is 5.45. The maximum atomic E-state index is 13.1. The molecule has 0 bridgehead atoms. The van der Waals surface area contributed by atoms with E-state index in [2.05, 4.69) is 10.6 Å². The Balaban J connectivity index is 1.63. The molecule has 0 unspecified atom stereocenters. The molecule has 0 heterocycles. The molecule has 3 nitrogen and oxygen atoms in total. The SMILES string of the molecule is O=C(Nc1ccc(Nc2ccc(F)c(Cl)c2)cc1)C1CCC1. The molecule has 1 aliphatic carbocycles. The normalized spacial score (nSPS) is 14.3. The second-order valence-corrected chi connectivity index (χ2v) is 5.86. The summed E-state index contributed by atoms with van der Waals surface area (Å²) < 4.78 is 13.1. The average Bonchev–Trinajstić information content (AvgIpc) is 2.43. The van der Waals surface area contributed by atoms with E-state index in [1.165, 1.54) is 12.1 Å². The van der Waals surface area contributed by atoms with Crippen molar-refractivity contribution in [1.82, 2.24) is 0 Å². The van der Waals surface area contributed by atoms with E-state index in [4.69, 9.17) is 11.6 Å². The summed E-state index contributed by atoms with van der Waals surface area (Å²) in [7, 11) is 0. The van der Waals surface area contributed by atoms with Crippen molar-refractivity contribution < 1.29 is 9.18 Å². The highest BCUT2D eigenvalue weighted by atomic mass is 35.5. The van der Waals surface area contributed by atoms with Gasteiger partial charge >= 0.3 is 0 Å². The zero-order valence-corrected chi connectivity index (χ0v) is 12.7. The first-order chi connectivity index (χ1) is 10.6. The quantitative estimate of drug-likeness (QED) is 0.836. The molecule has 0 aliphatic heterocycles. The van der Waals surface area contributed by atoms with Crippen LogP contribution in [0.4, 0.5) is 21.5 Å². The maximum Gasteiger partial charge on any atom is 0.227 e. The van der Waals surface area contributed by atoms with Gasteiger partial charge in [-0.1, -0.05) is 18.0 Å². The number of carbonyl (C=O) groups excluding carboxylic acids is 1. The molecule has 0 aromatic heterocycles.